The predicted molar refractivity (Wildman–Crippen MR) is 92.2 cm³/mol. The second-order valence-corrected chi connectivity index (χ2v) is 5.82. The van der Waals surface area contributed by atoms with E-state index in [9.17, 15) is 13.2 Å². The summed E-state index contributed by atoms with van der Waals surface area (Å²) in [5, 5.41) is 2.57. The Bertz CT molecular complexity index is 738. The maximum atomic E-state index is 12.7. The fraction of sp³-hybridized carbons (Fsp3) is 0.400. The van der Waals surface area contributed by atoms with Crippen molar-refractivity contribution >= 4 is 34.7 Å². The van der Waals surface area contributed by atoms with E-state index in [0.717, 1.165) is 25.5 Å². The molecule has 0 aliphatic heterocycles. The van der Waals surface area contributed by atoms with Crippen molar-refractivity contribution in [3.8, 4) is 0 Å². The lowest BCUT2D eigenvalue weighted by molar-refractivity contribution is -0.137. The lowest BCUT2D eigenvalue weighted by Gasteiger charge is -2.20. The first kappa shape index (κ1) is 19.0. The molecular weight excluding hydrogens is 357 g/mol. The number of nitrogen functional groups attached to an aromatic ring is 1. The van der Waals surface area contributed by atoms with Gasteiger partial charge in [-0.2, -0.15) is 13.2 Å². The van der Waals surface area contributed by atoms with Crippen LogP contribution >= 0.6 is 11.6 Å². The maximum Gasteiger partial charge on any atom is 0.417 e. The Morgan fingerprint density at radius 3 is 2.56 bits per heavy atom. The fourth-order valence-corrected chi connectivity index (χ4v) is 2.30. The SMILES string of the molecule is CCCCN(C)c1ncnc(Nc2ncc(C(F)(F)F)cc2Cl)c1N. The van der Waals surface area contributed by atoms with Gasteiger partial charge in [0.25, 0.3) is 0 Å². The van der Waals surface area contributed by atoms with Crippen molar-refractivity contribution in [3.63, 3.8) is 0 Å². The monoisotopic (exact) mass is 374 g/mol. The summed E-state index contributed by atoms with van der Waals surface area (Å²) in [6.07, 6.45) is -0.521. The zero-order chi connectivity index (χ0) is 18.6. The summed E-state index contributed by atoms with van der Waals surface area (Å²) in [5.41, 5.74) is 5.40. The Balaban J connectivity index is 2.26. The number of nitrogens with zero attached hydrogens (tertiary/aromatic N) is 4. The number of rotatable bonds is 6. The standard InChI is InChI=1S/C15H18ClF3N6/c1-3-4-5-25(2)14-11(20)13(22-8-23-14)24-12-10(16)6-9(7-21-12)15(17,18)19/h6-8H,3-5,20H2,1-2H3,(H,21,22,23,24). The number of aromatic nitrogens is 3. The van der Waals surface area contributed by atoms with Gasteiger partial charge < -0.3 is 16.0 Å². The van der Waals surface area contributed by atoms with E-state index in [1.807, 2.05) is 11.9 Å². The molecule has 0 atom stereocenters. The Morgan fingerprint density at radius 1 is 1.24 bits per heavy atom. The molecule has 2 rings (SSSR count). The third-order valence-electron chi connectivity index (χ3n) is 3.48. The average molecular weight is 375 g/mol. The molecule has 136 valence electrons. The molecular formula is C15H18ClF3N6. The van der Waals surface area contributed by atoms with Gasteiger partial charge in [-0.3, -0.25) is 0 Å². The zero-order valence-electron chi connectivity index (χ0n) is 13.7. The molecule has 0 unspecified atom stereocenters. The lowest BCUT2D eigenvalue weighted by Crippen LogP contribution is -2.21. The minimum absolute atomic E-state index is 0.0298. The number of hydrogen-bond acceptors (Lipinski definition) is 6. The van der Waals surface area contributed by atoms with Crippen LogP contribution in [0, 0.1) is 0 Å². The van der Waals surface area contributed by atoms with Crippen molar-refractivity contribution in [3.05, 3.63) is 29.2 Å². The van der Waals surface area contributed by atoms with Gasteiger partial charge in [-0.1, -0.05) is 24.9 Å². The molecule has 0 aromatic carbocycles. The Morgan fingerprint density at radius 2 is 1.96 bits per heavy atom. The van der Waals surface area contributed by atoms with Crippen LogP contribution in [0.3, 0.4) is 0 Å². The third-order valence-corrected chi connectivity index (χ3v) is 3.76. The van der Waals surface area contributed by atoms with Gasteiger partial charge in [0.1, 0.15) is 17.8 Å². The lowest BCUT2D eigenvalue weighted by atomic mass is 10.2. The molecule has 3 N–H and O–H groups in total. The minimum atomic E-state index is -4.52. The molecule has 2 heterocycles. The first-order valence-corrected chi connectivity index (χ1v) is 7.93. The van der Waals surface area contributed by atoms with Crippen LogP contribution in [0.4, 0.5) is 36.3 Å². The predicted octanol–water partition coefficient (Wildman–Crippen LogP) is 4.11. The smallest absolute Gasteiger partial charge is 0.393 e. The van der Waals surface area contributed by atoms with Crippen molar-refractivity contribution in [2.45, 2.75) is 25.9 Å². The van der Waals surface area contributed by atoms with Crippen molar-refractivity contribution in [1.82, 2.24) is 15.0 Å². The topological polar surface area (TPSA) is 80.0 Å². The fourth-order valence-electron chi connectivity index (χ4n) is 2.09. The summed E-state index contributed by atoms with van der Waals surface area (Å²) in [6.45, 7) is 2.83. The van der Waals surface area contributed by atoms with Crippen molar-refractivity contribution in [1.29, 1.82) is 0 Å². The second-order valence-electron chi connectivity index (χ2n) is 5.41. The van der Waals surface area contributed by atoms with Gasteiger partial charge in [-0.05, 0) is 12.5 Å². The molecule has 0 saturated carbocycles. The van der Waals surface area contributed by atoms with Gasteiger partial charge in [-0.15, -0.1) is 0 Å². The highest BCUT2D eigenvalue weighted by molar-refractivity contribution is 6.33. The summed E-state index contributed by atoms with van der Waals surface area (Å²) >= 11 is 5.89. The summed E-state index contributed by atoms with van der Waals surface area (Å²) in [5.74, 6) is 0.777. The van der Waals surface area contributed by atoms with E-state index in [2.05, 4.69) is 27.2 Å². The van der Waals surface area contributed by atoms with E-state index in [1.54, 1.807) is 0 Å². The Labute approximate surface area is 148 Å². The number of nitrogens with one attached hydrogen (secondary N) is 1. The second kappa shape index (κ2) is 7.73. The zero-order valence-corrected chi connectivity index (χ0v) is 14.5. The minimum Gasteiger partial charge on any atom is -0.393 e. The molecule has 0 aliphatic carbocycles. The largest absolute Gasteiger partial charge is 0.417 e. The molecule has 0 saturated heterocycles. The van der Waals surface area contributed by atoms with Crippen molar-refractivity contribution < 1.29 is 13.2 Å². The quantitative estimate of drug-likeness (QED) is 0.792. The van der Waals surface area contributed by atoms with Gasteiger partial charge in [0.2, 0.25) is 0 Å². The number of nitrogens with two attached hydrogens (primary N) is 1. The molecule has 25 heavy (non-hydrogen) atoms. The highest BCUT2D eigenvalue weighted by atomic mass is 35.5. The summed E-state index contributed by atoms with van der Waals surface area (Å²) in [6, 6.07) is 0.794. The van der Waals surface area contributed by atoms with Crippen molar-refractivity contribution in [2.24, 2.45) is 0 Å². The van der Waals surface area contributed by atoms with Crippen LogP contribution in [0.25, 0.3) is 0 Å². The number of anilines is 4. The van der Waals surface area contributed by atoms with Gasteiger partial charge >= 0.3 is 6.18 Å². The number of hydrogen-bond donors (Lipinski definition) is 2. The maximum absolute atomic E-state index is 12.7. The molecule has 0 fully saturated rings. The molecule has 10 heteroatoms. The van der Waals surface area contributed by atoms with Crippen LogP contribution in [-0.4, -0.2) is 28.5 Å². The normalized spacial score (nSPS) is 11.4. The van der Waals surface area contributed by atoms with Crippen LogP contribution in [0.2, 0.25) is 5.02 Å². The van der Waals surface area contributed by atoms with Crippen LogP contribution in [-0.2, 0) is 6.18 Å². The number of halogens is 4. The number of unbranched alkanes of at least 4 members (excludes halogenated alkanes) is 1. The molecule has 0 bridgehead atoms. The van der Waals surface area contributed by atoms with E-state index in [0.29, 0.717) is 12.0 Å². The number of pyridine rings is 1. The van der Waals surface area contributed by atoms with E-state index < -0.39 is 11.7 Å². The highest BCUT2D eigenvalue weighted by Crippen LogP contribution is 2.34. The van der Waals surface area contributed by atoms with Crippen LogP contribution in [0.1, 0.15) is 25.3 Å². The molecule has 0 spiro atoms. The van der Waals surface area contributed by atoms with Gasteiger partial charge in [0, 0.05) is 19.8 Å². The van der Waals surface area contributed by atoms with Crippen LogP contribution in [0.15, 0.2) is 18.6 Å². The molecule has 2 aromatic rings. The van der Waals surface area contributed by atoms with E-state index >= 15 is 0 Å². The van der Waals surface area contributed by atoms with E-state index in [1.165, 1.54) is 6.33 Å². The van der Waals surface area contributed by atoms with Gasteiger partial charge in [-0.25, -0.2) is 15.0 Å². The van der Waals surface area contributed by atoms with Crippen LogP contribution < -0.4 is 16.0 Å². The Hall–Kier alpha value is -2.29. The first-order valence-electron chi connectivity index (χ1n) is 7.55. The summed E-state index contributed by atoms with van der Waals surface area (Å²) < 4.78 is 38.0. The third kappa shape index (κ3) is 4.62. The van der Waals surface area contributed by atoms with E-state index in [-0.39, 0.29) is 22.3 Å². The van der Waals surface area contributed by atoms with E-state index in [4.69, 9.17) is 17.3 Å². The van der Waals surface area contributed by atoms with Crippen molar-refractivity contribution in [2.75, 3.05) is 29.5 Å². The van der Waals surface area contributed by atoms with Gasteiger partial charge in [0.15, 0.2) is 11.6 Å². The molecule has 6 nitrogen and oxygen atoms in total. The Kier molecular flexibility index (Phi) is 5.89. The summed E-state index contributed by atoms with van der Waals surface area (Å²) in [4.78, 5) is 13.8. The molecule has 0 amide bonds. The molecule has 2 aromatic heterocycles. The molecule has 0 aliphatic rings. The molecule has 0 radical (unpaired) electrons. The first-order chi connectivity index (χ1) is 11.7. The van der Waals surface area contributed by atoms with Gasteiger partial charge in [0.05, 0.1) is 10.6 Å². The summed E-state index contributed by atoms with van der Waals surface area (Å²) in [7, 11) is 1.85. The average Bonchev–Trinajstić information content (AvgIpc) is 2.55. The highest BCUT2D eigenvalue weighted by Gasteiger charge is 2.31. The van der Waals surface area contributed by atoms with Crippen LogP contribution in [0.5, 0.6) is 0 Å². The number of alkyl halides is 3.